The molecular weight excluding hydrogens is 713 g/mol. The highest BCUT2D eigenvalue weighted by atomic mass is 19.4. The van der Waals surface area contributed by atoms with Crippen molar-refractivity contribution in [3.63, 3.8) is 0 Å². The molecule has 0 saturated carbocycles. The number of alkyl halides is 3. The number of hydrogen-bond donors (Lipinski definition) is 2. The van der Waals surface area contributed by atoms with E-state index in [1.165, 1.54) is 16.9 Å². The first-order chi connectivity index (χ1) is 25.2. The van der Waals surface area contributed by atoms with E-state index in [1.54, 1.807) is 89.2 Å². The molecule has 1 unspecified atom stereocenters. The zero-order valence-corrected chi connectivity index (χ0v) is 31.3. The molecule has 1 aromatic heterocycles. The number of rotatable bonds is 13. The molecule has 0 bridgehead atoms. The Morgan fingerprint density at radius 3 is 2.20 bits per heavy atom. The average molecular weight is 761 g/mol. The van der Waals surface area contributed by atoms with Crippen molar-refractivity contribution in [1.29, 1.82) is 0 Å². The SMILES string of the molecule is COC(=O)C(O)(c1cn(C[C@H](Cc2ccccc2)NC(=O)C(C)(C)N(Cc2ccc(OC)cc2)C(=O)[C@@H]2CCCN2C(=O)OC(C)(C)C)nn1)C(F)(F)F. The molecule has 0 radical (unpaired) electrons. The lowest BCUT2D eigenvalue weighted by Crippen LogP contribution is -2.62. The van der Waals surface area contributed by atoms with Gasteiger partial charge in [0.05, 0.1) is 33.0 Å². The number of halogens is 3. The van der Waals surface area contributed by atoms with E-state index < -0.39 is 64.6 Å². The highest BCUT2D eigenvalue weighted by Crippen LogP contribution is 2.39. The third-order valence-corrected chi connectivity index (χ3v) is 9.03. The first-order valence-corrected chi connectivity index (χ1v) is 17.3. The number of methoxy groups -OCH3 is 2. The zero-order valence-electron chi connectivity index (χ0n) is 31.3. The number of nitrogens with zero attached hydrogens (tertiary/aromatic N) is 5. The van der Waals surface area contributed by atoms with Gasteiger partial charge in [0.15, 0.2) is 0 Å². The molecule has 0 aliphatic carbocycles. The number of likely N-dealkylation sites (tertiary alicyclic amines) is 1. The minimum absolute atomic E-state index is 0.0265. The van der Waals surface area contributed by atoms with Gasteiger partial charge in [-0.1, -0.05) is 47.7 Å². The number of ether oxygens (including phenoxy) is 3. The highest BCUT2D eigenvalue weighted by molar-refractivity contribution is 5.94. The van der Waals surface area contributed by atoms with Crippen LogP contribution in [0.2, 0.25) is 0 Å². The molecule has 0 spiro atoms. The van der Waals surface area contributed by atoms with Crippen molar-refractivity contribution in [1.82, 2.24) is 30.1 Å². The van der Waals surface area contributed by atoms with Crippen molar-refractivity contribution >= 4 is 23.9 Å². The number of hydrogen-bond acceptors (Lipinski definition) is 10. The highest BCUT2D eigenvalue weighted by Gasteiger charge is 2.64. The van der Waals surface area contributed by atoms with Crippen LogP contribution in [-0.2, 0) is 49.0 Å². The maximum atomic E-state index is 14.5. The fourth-order valence-electron chi connectivity index (χ4n) is 6.04. The monoisotopic (exact) mass is 760 g/mol. The molecule has 2 N–H and O–H groups in total. The normalized spacial score (nSPS) is 16.6. The molecule has 14 nitrogen and oxygen atoms in total. The zero-order chi connectivity index (χ0) is 40.1. The van der Waals surface area contributed by atoms with Gasteiger partial charge in [-0.05, 0) is 77.1 Å². The summed E-state index contributed by atoms with van der Waals surface area (Å²) in [6, 6.07) is 14.1. The van der Waals surface area contributed by atoms with Crippen LogP contribution in [0.15, 0.2) is 60.8 Å². The van der Waals surface area contributed by atoms with Crippen LogP contribution >= 0.6 is 0 Å². The molecule has 1 fully saturated rings. The van der Waals surface area contributed by atoms with Crippen molar-refractivity contribution in [2.45, 2.75) is 102 Å². The molecule has 4 rings (SSSR count). The largest absolute Gasteiger partial charge is 0.497 e. The maximum Gasteiger partial charge on any atom is 0.434 e. The summed E-state index contributed by atoms with van der Waals surface area (Å²) in [7, 11) is 2.21. The minimum atomic E-state index is -5.49. The Morgan fingerprint density at radius 2 is 1.63 bits per heavy atom. The second-order valence-corrected chi connectivity index (χ2v) is 14.5. The summed E-state index contributed by atoms with van der Waals surface area (Å²) < 4.78 is 57.8. The molecule has 54 heavy (non-hydrogen) atoms. The summed E-state index contributed by atoms with van der Waals surface area (Å²) in [6.45, 7) is 8.30. The first-order valence-electron chi connectivity index (χ1n) is 17.3. The van der Waals surface area contributed by atoms with Crippen molar-refractivity contribution in [2.75, 3.05) is 20.8 Å². The average Bonchev–Trinajstić information content (AvgIpc) is 3.80. The summed E-state index contributed by atoms with van der Waals surface area (Å²) in [5.74, 6) is -2.51. The van der Waals surface area contributed by atoms with E-state index in [2.05, 4.69) is 20.4 Å². The van der Waals surface area contributed by atoms with Crippen molar-refractivity contribution in [2.24, 2.45) is 0 Å². The Kier molecular flexibility index (Phi) is 12.7. The van der Waals surface area contributed by atoms with Crippen LogP contribution in [0, 0.1) is 0 Å². The van der Waals surface area contributed by atoms with Gasteiger partial charge < -0.3 is 29.5 Å². The fourth-order valence-corrected chi connectivity index (χ4v) is 6.04. The number of carbonyl (C=O) groups is 4. The summed E-state index contributed by atoms with van der Waals surface area (Å²) in [4.78, 5) is 57.0. The van der Waals surface area contributed by atoms with Gasteiger partial charge in [0, 0.05) is 13.1 Å². The fraction of sp³-hybridized carbons (Fsp3) is 0.514. The molecule has 1 saturated heterocycles. The Labute approximate surface area is 311 Å². The molecule has 3 aromatic rings. The van der Waals surface area contributed by atoms with Crippen LogP contribution in [0.25, 0.3) is 0 Å². The van der Waals surface area contributed by atoms with E-state index in [4.69, 9.17) is 9.47 Å². The number of benzene rings is 2. The van der Waals surface area contributed by atoms with Crippen molar-refractivity contribution < 1.29 is 51.7 Å². The number of esters is 1. The lowest BCUT2D eigenvalue weighted by Gasteiger charge is -2.41. The summed E-state index contributed by atoms with van der Waals surface area (Å²) in [5.41, 5.74) is -6.15. The topological polar surface area (TPSA) is 165 Å². The van der Waals surface area contributed by atoms with Gasteiger partial charge >= 0.3 is 23.8 Å². The van der Waals surface area contributed by atoms with Crippen LogP contribution in [0.4, 0.5) is 18.0 Å². The molecule has 3 amide bonds. The van der Waals surface area contributed by atoms with Crippen LogP contribution in [0.3, 0.4) is 0 Å². The molecule has 2 aromatic carbocycles. The lowest BCUT2D eigenvalue weighted by atomic mass is 9.96. The van der Waals surface area contributed by atoms with Gasteiger partial charge in [-0.25, -0.2) is 9.59 Å². The summed E-state index contributed by atoms with van der Waals surface area (Å²) in [5, 5.41) is 20.5. The summed E-state index contributed by atoms with van der Waals surface area (Å²) in [6.07, 6.45) is -4.33. The van der Waals surface area contributed by atoms with Crippen LogP contribution < -0.4 is 10.1 Å². The van der Waals surface area contributed by atoms with E-state index in [9.17, 15) is 37.5 Å². The van der Waals surface area contributed by atoms with Crippen LogP contribution in [0.5, 0.6) is 5.75 Å². The van der Waals surface area contributed by atoms with Gasteiger partial charge in [0.2, 0.25) is 11.8 Å². The standard InChI is InChI=1S/C37H47F3N6O8/c1-34(2,3)54-33(50)45-19-11-14-28(45)30(47)46(21-25-15-17-27(52-6)18-16-25)35(4,5)31(48)41-26(20-24-12-9-8-10-13-24)22-44-23-29(42-43-44)36(51,32(49)53-7)37(38,39)40/h8-10,12-13,15-18,23,26,28,51H,11,14,19-22H2,1-7H3,(H,41,48)/t26-,28-,36?/m0/s1. The van der Waals surface area contributed by atoms with Gasteiger partial charge in [-0.2, -0.15) is 13.2 Å². The van der Waals surface area contributed by atoms with E-state index in [1.807, 2.05) is 0 Å². The third-order valence-electron chi connectivity index (χ3n) is 9.03. The second-order valence-electron chi connectivity index (χ2n) is 14.5. The van der Waals surface area contributed by atoms with Crippen LogP contribution in [0.1, 0.15) is 64.3 Å². The molecule has 3 atom stereocenters. The molecule has 1 aliphatic rings. The summed E-state index contributed by atoms with van der Waals surface area (Å²) >= 11 is 0. The Morgan fingerprint density at radius 1 is 0.981 bits per heavy atom. The minimum Gasteiger partial charge on any atom is -0.497 e. The number of nitrogens with one attached hydrogen (secondary N) is 1. The number of aliphatic hydroxyl groups is 1. The number of carbonyl (C=O) groups excluding carboxylic acids is 4. The van der Waals surface area contributed by atoms with E-state index in [-0.39, 0.29) is 26.1 Å². The van der Waals surface area contributed by atoms with Gasteiger partial charge in [-0.3, -0.25) is 19.2 Å². The van der Waals surface area contributed by atoms with E-state index >= 15 is 0 Å². The Balaban J connectivity index is 1.68. The predicted molar refractivity (Wildman–Crippen MR) is 188 cm³/mol. The van der Waals surface area contributed by atoms with Gasteiger partial charge in [0.1, 0.15) is 28.6 Å². The molecular formula is C37H47F3N6O8. The smallest absolute Gasteiger partial charge is 0.434 e. The molecule has 294 valence electrons. The van der Waals surface area contributed by atoms with Crippen LogP contribution in [-0.4, -0.2) is 104 Å². The second kappa shape index (κ2) is 16.4. The Hall–Kier alpha value is -5.19. The van der Waals surface area contributed by atoms with Gasteiger partial charge in [0.25, 0.3) is 0 Å². The quantitative estimate of drug-likeness (QED) is 0.242. The number of aromatic nitrogens is 3. The van der Waals surface area contributed by atoms with Gasteiger partial charge in [-0.15, -0.1) is 5.10 Å². The number of amides is 3. The van der Waals surface area contributed by atoms with E-state index in [0.717, 1.165) is 16.4 Å². The maximum absolute atomic E-state index is 14.5. The molecule has 1 aliphatic heterocycles. The third kappa shape index (κ3) is 9.48. The molecule has 2 heterocycles. The van der Waals surface area contributed by atoms with E-state index in [0.29, 0.717) is 31.3 Å². The van der Waals surface area contributed by atoms with Crippen molar-refractivity contribution in [3.05, 3.63) is 77.6 Å². The van der Waals surface area contributed by atoms with Crippen molar-refractivity contribution in [3.8, 4) is 5.75 Å². The first kappa shape index (κ1) is 41.6. The molecule has 17 heteroatoms. The predicted octanol–water partition coefficient (Wildman–Crippen LogP) is 4.14. The lowest BCUT2D eigenvalue weighted by molar-refractivity contribution is -0.268. The Bertz CT molecular complexity index is 1780.